The van der Waals surface area contributed by atoms with Gasteiger partial charge < -0.3 is 15.2 Å². The summed E-state index contributed by atoms with van der Waals surface area (Å²) in [5.41, 5.74) is 5.70. The topological polar surface area (TPSA) is 85.2 Å². The molecule has 0 bridgehead atoms. The lowest BCUT2D eigenvalue weighted by Crippen LogP contribution is -2.34. The molecule has 1 fully saturated rings. The fourth-order valence-electron chi connectivity index (χ4n) is 2.88. The van der Waals surface area contributed by atoms with E-state index in [4.69, 9.17) is 10.3 Å². The maximum atomic E-state index is 12.3. The Hall–Kier alpha value is -1.73. The van der Waals surface area contributed by atoms with Gasteiger partial charge in [0.2, 0.25) is 17.6 Å². The number of hydrogen-bond donors (Lipinski definition) is 1. The van der Waals surface area contributed by atoms with Crippen molar-refractivity contribution in [3.05, 3.63) is 23.4 Å². The summed E-state index contributed by atoms with van der Waals surface area (Å²) >= 11 is 1.57. The van der Waals surface area contributed by atoms with Crippen LogP contribution in [0, 0.1) is 5.92 Å². The number of nitrogens with two attached hydrogens (primary N) is 1. The van der Waals surface area contributed by atoms with Gasteiger partial charge in [0.1, 0.15) is 0 Å². The minimum Gasteiger partial charge on any atom is -0.340 e. The molecule has 2 aromatic heterocycles. The quantitative estimate of drug-likeness (QED) is 0.910. The lowest BCUT2D eigenvalue weighted by Gasteiger charge is -2.21. The molecule has 1 amide bonds. The summed E-state index contributed by atoms with van der Waals surface area (Å²) in [5.74, 6) is 1.67. The van der Waals surface area contributed by atoms with Gasteiger partial charge in [-0.1, -0.05) is 11.2 Å². The Labute approximate surface area is 133 Å². The molecule has 6 nitrogen and oxygen atoms in total. The SMILES string of the molecule is CC1CC(CN)CN1C(=O)CCc1nc(-c2cccs2)no1. The van der Waals surface area contributed by atoms with Gasteiger partial charge in [-0.25, -0.2) is 0 Å². The van der Waals surface area contributed by atoms with Gasteiger partial charge in [0.25, 0.3) is 0 Å². The fraction of sp³-hybridized carbons (Fsp3) is 0.533. The number of likely N-dealkylation sites (tertiary alicyclic amines) is 1. The van der Waals surface area contributed by atoms with E-state index in [1.165, 1.54) is 0 Å². The van der Waals surface area contributed by atoms with Gasteiger partial charge in [0, 0.05) is 25.4 Å². The van der Waals surface area contributed by atoms with Crippen LogP contribution >= 0.6 is 11.3 Å². The summed E-state index contributed by atoms with van der Waals surface area (Å²) in [6, 6.07) is 4.16. The summed E-state index contributed by atoms with van der Waals surface area (Å²) in [7, 11) is 0. The van der Waals surface area contributed by atoms with Crippen molar-refractivity contribution in [2.45, 2.75) is 32.2 Å². The molecule has 0 aromatic carbocycles. The summed E-state index contributed by atoms with van der Waals surface area (Å²) in [4.78, 5) is 19.6. The Kier molecular flexibility index (Phi) is 4.54. The second kappa shape index (κ2) is 6.58. The zero-order valence-electron chi connectivity index (χ0n) is 12.6. The first-order chi connectivity index (χ1) is 10.7. The number of amides is 1. The molecular formula is C15H20N4O2S. The van der Waals surface area contributed by atoms with Crippen LogP contribution in [0.15, 0.2) is 22.0 Å². The largest absolute Gasteiger partial charge is 0.340 e. The molecule has 0 aliphatic carbocycles. The van der Waals surface area contributed by atoms with Crippen LogP contribution in [0.25, 0.3) is 10.7 Å². The smallest absolute Gasteiger partial charge is 0.227 e. The molecule has 3 heterocycles. The lowest BCUT2D eigenvalue weighted by atomic mass is 10.1. The van der Waals surface area contributed by atoms with E-state index in [0.29, 0.717) is 37.0 Å². The number of thiophene rings is 1. The molecule has 1 saturated heterocycles. The van der Waals surface area contributed by atoms with Crippen molar-refractivity contribution in [1.29, 1.82) is 0 Å². The molecule has 2 unspecified atom stereocenters. The number of aryl methyl sites for hydroxylation is 1. The zero-order valence-corrected chi connectivity index (χ0v) is 13.4. The maximum Gasteiger partial charge on any atom is 0.227 e. The van der Waals surface area contributed by atoms with Crippen LogP contribution in [0.5, 0.6) is 0 Å². The van der Waals surface area contributed by atoms with Gasteiger partial charge in [-0.2, -0.15) is 4.98 Å². The number of aromatic nitrogens is 2. The predicted octanol–water partition coefficient (Wildman–Crippen LogP) is 1.93. The van der Waals surface area contributed by atoms with Gasteiger partial charge in [-0.3, -0.25) is 4.79 Å². The normalized spacial score (nSPS) is 21.5. The standard InChI is InChI=1S/C15H20N4O2S/c1-10-7-11(8-16)9-19(10)14(20)5-4-13-17-15(18-21-13)12-3-2-6-22-12/h2-3,6,10-11H,4-5,7-9,16H2,1H3. The molecule has 118 valence electrons. The van der Waals surface area contributed by atoms with E-state index in [0.717, 1.165) is 17.8 Å². The first-order valence-corrected chi connectivity index (χ1v) is 8.41. The van der Waals surface area contributed by atoms with E-state index >= 15 is 0 Å². The Morgan fingerprint density at radius 2 is 2.45 bits per heavy atom. The van der Waals surface area contributed by atoms with E-state index in [9.17, 15) is 4.79 Å². The summed E-state index contributed by atoms with van der Waals surface area (Å²) in [6.45, 7) is 3.48. The fourth-order valence-corrected chi connectivity index (χ4v) is 3.53. The summed E-state index contributed by atoms with van der Waals surface area (Å²) in [5, 5.41) is 5.93. The molecule has 0 radical (unpaired) electrons. The molecule has 2 atom stereocenters. The first-order valence-electron chi connectivity index (χ1n) is 7.53. The van der Waals surface area contributed by atoms with Crippen molar-refractivity contribution in [3.63, 3.8) is 0 Å². The number of carbonyl (C=O) groups excluding carboxylic acids is 1. The van der Waals surface area contributed by atoms with E-state index in [1.807, 2.05) is 22.4 Å². The highest BCUT2D eigenvalue weighted by atomic mass is 32.1. The molecule has 0 saturated carbocycles. The Balaban J connectivity index is 1.55. The van der Waals surface area contributed by atoms with Crippen LogP contribution < -0.4 is 5.73 Å². The third kappa shape index (κ3) is 3.20. The molecule has 22 heavy (non-hydrogen) atoms. The highest BCUT2D eigenvalue weighted by Gasteiger charge is 2.31. The van der Waals surface area contributed by atoms with Crippen LogP contribution in [0.4, 0.5) is 0 Å². The van der Waals surface area contributed by atoms with Gasteiger partial charge in [0.05, 0.1) is 4.88 Å². The van der Waals surface area contributed by atoms with Gasteiger partial charge in [-0.05, 0) is 37.3 Å². The van der Waals surface area contributed by atoms with Gasteiger partial charge in [0.15, 0.2) is 0 Å². The minimum atomic E-state index is 0.138. The highest BCUT2D eigenvalue weighted by molar-refractivity contribution is 7.13. The average Bonchev–Trinajstić information content (AvgIpc) is 3.24. The summed E-state index contributed by atoms with van der Waals surface area (Å²) in [6.07, 6.45) is 1.87. The van der Waals surface area contributed by atoms with Crippen molar-refractivity contribution >= 4 is 17.2 Å². The molecule has 1 aliphatic rings. The Morgan fingerprint density at radius 3 is 3.14 bits per heavy atom. The zero-order chi connectivity index (χ0) is 15.5. The Morgan fingerprint density at radius 1 is 1.59 bits per heavy atom. The molecule has 7 heteroatoms. The van der Waals surface area contributed by atoms with Crippen LogP contribution in [0.1, 0.15) is 25.7 Å². The van der Waals surface area contributed by atoms with Crippen LogP contribution in [-0.2, 0) is 11.2 Å². The third-order valence-electron chi connectivity index (χ3n) is 4.08. The van der Waals surface area contributed by atoms with Crippen molar-refractivity contribution in [1.82, 2.24) is 15.0 Å². The van der Waals surface area contributed by atoms with Gasteiger partial charge >= 0.3 is 0 Å². The Bertz CT molecular complexity index is 625. The van der Waals surface area contributed by atoms with E-state index in [-0.39, 0.29) is 11.9 Å². The average molecular weight is 320 g/mol. The number of hydrogen-bond acceptors (Lipinski definition) is 6. The summed E-state index contributed by atoms with van der Waals surface area (Å²) < 4.78 is 5.23. The van der Waals surface area contributed by atoms with Crippen molar-refractivity contribution in [3.8, 4) is 10.7 Å². The molecule has 2 N–H and O–H groups in total. The molecule has 2 aromatic rings. The maximum absolute atomic E-state index is 12.3. The van der Waals surface area contributed by atoms with Crippen molar-refractivity contribution in [2.24, 2.45) is 11.7 Å². The number of carbonyl (C=O) groups is 1. The van der Waals surface area contributed by atoms with Crippen LogP contribution in [-0.4, -0.2) is 40.1 Å². The predicted molar refractivity (Wildman–Crippen MR) is 84.3 cm³/mol. The van der Waals surface area contributed by atoms with E-state index in [2.05, 4.69) is 17.1 Å². The third-order valence-corrected chi connectivity index (χ3v) is 4.94. The van der Waals surface area contributed by atoms with Crippen molar-refractivity contribution < 1.29 is 9.32 Å². The minimum absolute atomic E-state index is 0.138. The number of nitrogens with zero attached hydrogens (tertiary/aromatic N) is 3. The second-order valence-corrected chi connectivity index (χ2v) is 6.67. The molecular weight excluding hydrogens is 300 g/mol. The number of rotatable bonds is 5. The molecule has 3 rings (SSSR count). The van der Waals surface area contributed by atoms with E-state index < -0.39 is 0 Å². The molecule has 1 aliphatic heterocycles. The molecule has 0 spiro atoms. The highest BCUT2D eigenvalue weighted by Crippen LogP contribution is 2.24. The van der Waals surface area contributed by atoms with Gasteiger partial charge in [-0.15, -0.1) is 11.3 Å². The van der Waals surface area contributed by atoms with Crippen LogP contribution in [0.2, 0.25) is 0 Å². The van der Waals surface area contributed by atoms with Crippen molar-refractivity contribution in [2.75, 3.05) is 13.1 Å². The lowest BCUT2D eigenvalue weighted by molar-refractivity contribution is -0.131. The second-order valence-electron chi connectivity index (χ2n) is 5.72. The van der Waals surface area contributed by atoms with Crippen LogP contribution in [0.3, 0.4) is 0 Å². The first kappa shape index (κ1) is 15.2. The monoisotopic (exact) mass is 320 g/mol. The van der Waals surface area contributed by atoms with E-state index in [1.54, 1.807) is 11.3 Å².